The van der Waals surface area contributed by atoms with Crippen molar-refractivity contribution in [1.82, 2.24) is 0 Å². The van der Waals surface area contributed by atoms with Gasteiger partial charge >= 0.3 is 12.2 Å². The van der Waals surface area contributed by atoms with Gasteiger partial charge in [-0.25, -0.2) is 4.79 Å². The van der Waals surface area contributed by atoms with E-state index in [1.807, 2.05) is 6.07 Å². The SMILES string of the molecule is COc1cc(/C(C#N)=N/N=C(/OC(=O)OC(C)C)OC(C)C)cc(OC)c1OC. The summed E-state index contributed by atoms with van der Waals surface area (Å²) in [5.74, 6) is 1.04. The minimum Gasteiger partial charge on any atom is -0.493 e. The predicted octanol–water partition coefficient (Wildman–Crippen LogP) is 3.28. The average molecular weight is 407 g/mol. The summed E-state index contributed by atoms with van der Waals surface area (Å²) in [6.45, 7) is 6.75. The maximum atomic E-state index is 11.7. The lowest BCUT2D eigenvalue weighted by atomic mass is 10.1. The van der Waals surface area contributed by atoms with Crippen LogP contribution in [-0.4, -0.2) is 51.5 Å². The lowest BCUT2D eigenvalue weighted by Gasteiger charge is -2.13. The average Bonchev–Trinajstić information content (AvgIpc) is 2.66. The molecule has 0 amide bonds. The first-order valence-electron chi connectivity index (χ1n) is 8.66. The second-order valence-corrected chi connectivity index (χ2v) is 6.03. The molecule has 0 unspecified atom stereocenters. The summed E-state index contributed by atoms with van der Waals surface area (Å²) in [7, 11) is 4.36. The van der Waals surface area contributed by atoms with Crippen LogP contribution in [-0.2, 0) is 14.2 Å². The molecule has 0 heterocycles. The van der Waals surface area contributed by atoms with Crippen molar-refractivity contribution in [3.8, 4) is 23.3 Å². The Balaban J connectivity index is 3.31. The van der Waals surface area contributed by atoms with Gasteiger partial charge in [-0.3, -0.25) is 0 Å². The molecule has 0 aliphatic rings. The highest BCUT2D eigenvalue weighted by Crippen LogP contribution is 2.38. The predicted molar refractivity (Wildman–Crippen MR) is 105 cm³/mol. The summed E-state index contributed by atoms with van der Waals surface area (Å²) in [4.78, 5) is 11.7. The molecule has 0 radical (unpaired) electrons. The van der Waals surface area contributed by atoms with E-state index in [0.717, 1.165) is 0 Å². The monoisotopic (exact) mass is 407 g/mol. The number of hydrogen-bond acceptors (Lipinski definition) is 10. The van der Waals surface area contributed by atoms with Gasteiger partial charge in [0.15, 0.2) is 17.2 Å². The first kappa shape index (κ1) is 23.6. The molecule has 0 bridgehead atoms. The molecule has 1 rings (SSSR count). The van der Waals surface area contributed by atoms with Crippen LogP contribution >= 0.6 is 0 Å². The van der Waals surface area contributed by atoms with Crippen molar-refractivity contribution in [2.45, 2.75) is 39.9 Å². The van der Waals surface area contributed by atoms with Crippen LogP contribution in [0.3, 0.4) is 0 Å². The Labute approximate surface area is 169 Å². The molecule has 0 saturated carbocycles. The van der Waals surface area contributed by atoms with Crippen LogP contribution in [0.5, 0.6) is 17.2 Å². The summed E-state index contributed by atoms with van der Waals surface area (Å²) in [6.07, 6.45) is -2.20. The van der Waals surface area contributed by atoms with Gasteiger partial charge in [-0.1, -0.05) is 5.10 Å². The Morgan fingerprint density at radius 3 is 1.90 bits per heavy atom. The van der Waals surface area contributed by atoms with Crippen molar-refractivity contribution in [1.29, 1.82) is 5.26 Å². The van der Waals surface area contributed by atoms with E-state index in [9.17, 15) is 10.1 Å². The van der Waals surface area contributed by atoms with E-state index < -0.39 is 12.2 Å². The molecule has 10 heteroatoms. The fourth-order valence-electron chi connectivity index (χ4n) is 2.01. The van der Waals surface area contributed by atoms with Crippen molar-refractivity contribution < 1.29 is 33.2 Å². The van der Waals surface area contributed by atoms with E-state index in [2.05, 4.69) is 10.2 Å². The second kappa shape index (κ2) is 11.4. The van der Waals surface area contributed by atoms with Gasteiger partial charge in [0.2, 0.25) is 5.75 Å². The number of methoxy groups -OCH3 is 3. The van der Waals surface area contributed by atoms with Crippen LogP contribution in [0.25, 0.3) is 0 Å². The smallest absolute Gasteiger partial charge is 0.493 e. The molecule has 0 aromatic heterocycles. The third-order valence-electron chi connectivity index (χ3n) is 3.11. The second-order valence-electron chi connectivity index (χ2n) is 6.03. The summed E-state index contributed by atoms with van der Waals surface area (Å²) in [5, 5.41) is 17.1. The number of rotatable bonds is 7. The quantitative estimate of drug-likeness (QED) is 0.292. The number of nitrogens with zero attached hydrogens (tertiary/aromatic N) is 3. The Bertz CT molecular complexity index is 786. The molecule has 29 heavy (non-hydrogen) atoms. The zero-order valence-electron chi connectivity index (χ0n) is 17.5. The molecular weight excluding hydrogens is 382 g/mol. The standard InChI is InChI=1S/C19H25N3O7/c1-11(2)27-18(29-19(23)28-12(3)4)22-21-14(10-20)13-8-15(24-5)17(26-7)16(9-13)25-6/h8-9,11-12H,1-7H3/b21-14+,22-18+. The zero-order chi connectivity index (χ0) is 22.0. The topological polar surface area (TPSA) is 121 Å². The molecule has 1 aromatic carbocycles. The number of ether oxygens (including phenoxy) is 6. The van der Waals surface area contributed by atoms with Crippen LogP contribution in [0.2, 0.25) is 0 Å². The maximum Gasteiger partial charge on any atom is 0.517 e. The number of carbonyl (C=O) groups excluding carboxylic acids is 1. The minimum absolute atomic E-state index is 0.102. The molecule has 0 fully saturated rings. The van der Waals surface area contributed by atoms with Crippen molar-refractivity contribution >= 4 is 18.0 Å². The number of nitriles is 1. The molecule has 0 atom stereocenters. The Morgan fingerprint density at radius 1 is 0.931 bits per heavy atom. The fourth-order valence-corrected chi connectivity index (χ4v) is 2.01. The highest BCUT2D eigenvalue weighted by atomic mass is 16.8. The first-order chi connectivity index (χ1) is 13.7. The number of benzene rings is 1. The number of hydrogen-bond donors (Lipinski definition) is 0. The lowest BCUT2D eigenvalue weighted by molar-refractivity contribution is 0.0502. The Morgan fingerprint density at radius 2 is 1.48 bits per heavy atom. The molecule has 0 spiro atoms. The number of carbonyl (C=O) groups is 1. The Kier molecular flexibility index (Phi) is 9.25. The van der Waals surface area contributed by atoms with Gasteiger partial charge in [-0.2, -0.15) is 5.26 Å². The zero-order valence-corrected chi connectivity index (χ0v) is 17.5. The van der Waals surface area contributed by atoms with Crippen LogP contribution in [0, 0.1) is 11.3 Å². The molecule has 0 N–H and O–H groups in total. The highest BCUT2D eigenvalue weighted by Gasteiger charge is 2.18. The maximum absolute atomic E-state index is 11.7. The van der Waals surface area contributed by atoms with E-state index in [4.69, 9.17) is 28.4 Å². The molecule has 0 saturated heterocycles. The summed E-state index contributed by atoms with van der Waals surface area (Å²) >= 11 is 0. The summed E-state index contributed by atoms with van der Waals surface area (Å²) < 4.78 is 30.9. The van der Waals surface area contributed by atoms with E-state index in [-0.39, 0.29) is 17.9 Å². The van der Waals surface area contributed by atoms with E-state index in [1.165, 1.54) is 33.5 Å². The molecule has 1 aromatic rings. The summed E-state index contributed by atoms with van der Waals surface area (Å²) in [5.41, 5.74) is 0.245. The van der Waals surface area contributed by atoms with Gasteiger partial charge in [0, 0.05) is 5.56 Å². The fraction of sp³-hybridized carbons (Fsp3) is 0.474. The lowest BCUT2D eigenvalue weighted by Crippen LogP contribution is -2.21. The molecular formula is C19H25N3O7. The van der Waals surface area contributed by atoms with Gasteiger partial charge in [0.05, 0.1) is 33.5 Å². The third-order valence-corrected chi connectivity index (χ3v) is 3.11. The van der Waals surface area contributed by atoms with E-state index >= 15 is 0 Å². The van der Waals surface area contributed by atoms with Crippen LogP contribution in [0.1, 0.15) is 33.3 Å². The first-order valence-corrected chi connectivity index (χ1v) is 8.66. The normalized spacial score (nSPS) is 11.7. The molecule has 10 nitrogen and oxygen atoms in total. The molecule has 158 valence electrons. The third kappa shape index (κ3) is 7.21. The molecule has 0 aliphatic heterocycles. The Hall–Kier alpha value is -3.48. The van der Waals surface area contributed by atoms with Crippen molar-refractivity contribution in [3.63, 3.8) is 0 Å². The van der Waals surface area contributed by atoms with Crippen LogP contribution in [0.4, 0.5) is 4.79 Å². The van der Waals surface area contributed by atoms with E-state index in [0.29, 0.717) is 22.8 Å². The van der Waals surface area contributed by atoms with Crippen molar-refractivity contribution in [2.24, 2.45) is 10.2 Å². The van der Waals surface area contributed by atoms with Gasteiger partial charge in [-0.05, 0) is 39.8 Å². The van der Waals surface area contributed by atoms with Gasteiger partial charge < -0.3 is 28.4 Å². The highest BCUT2D eigenvalue weighted by molar-refractivity contribution is 6.12. The minimum atomic E-state index is -0.999. The van der Waals surface area contributed by atoms with Crippen LogP contribution < -0.4 is 14.2 Å². The van der Waals surface area contributed by atoms with Gasteiger partial charge in [-0.15, -0.1) is 5.10 Å². The van der Waals surface area contributed by atoms with Crippen molar-refractivity contribution in [3.05, 3.63) is 17.7 Å². The van der Waals surface area contributed by atoms with Crippen LogP contribution in [0.15, 0.2) is 22.3 Å². The largest absolute Gasteiger partial charge is 0.517 e. The van der Waals surface area contributed by atoms with Gasteiger partial charge in [0.25, 0.3) is 0 Å². The molecule has 0 aliphatic carbocycles. The summed E-state index contributed by atoms with van der Waals surface area (Å²) in [6, 6.07) is 4.99. The van der Waals surface area contributed by atoms with Crippen molar-refractivity contribution in [2.75, 3.05) is 21.3 Å². The van der Waals surface area contributed by atoms with E-state index in [1.54, 1.807) is 27.7 Å². The van der Waals surface area contributed by atoms with Gasteiger partial charge in [0.1, 0.15) is 6.07 Å².